The molecule has 20 heavy (non-hydrogen) atoms. The monoisotopic (exact) mass is 291 g/mol. The molecule has 1 aromatic heterocycles. The van der Waals surface area contributed by atoms with Gasteiger partial charge in [0.15, 0.2) is 0 Å². The first-order chi connectivity index (χ1) is 9.81. The van der Waals surface area contributed by atoms with Crippen LogP contribution in [0.4, 0.5) is 0 Å². The van der Waals surface area contributed by atoms with Gasteiger partial charge in [-0.2, -0.15) is 0 Å². The summed E-state index contributed by atoms with van der Waals surface area (Å²) in [7, 11) is 0. The maximum absolute atomic E-state index is 5.88. The van der Waals surface area contributed by atoms with E-state index >= 15 is 0 Å². The van der Waals surface area contributed by atoms with Crippen LogP contribution in [0.25, 0.3) is 11.3 Å². The van der Waals surface area contributed by atoms with Gasteiger partial charge in [0.25, 0.3) is 0 Å². The molecule has 1 aromatic carbocycles. The van der Waals surface area contributed by atoms with Gasteiger partial charge in [0, 0.05) is 23.7 Å². The van der Waals surface area contributed by atoms with Gasteiger partial charge in [0.1, 0.15) is 11.5 Å². The first-order valence-electron chi connectivity index (χ1n) is 6.98. The number of hydrogen-bond acceptors (Lipinski definition) is 3. The van der Waals surface area contributed by atoms with Crippen LogP contribution in [-0.4, -0.2) is 19.3 Å². The fourth-order valence-electron chi connectivity index (χ4n) is 2.40. The van der Waals surface area contributed by atoms with Crippen molar-refractivity contribution in [1.82, 2.24) is 5.32 Å². The molecule has 0 aliphatic carbocycles. The highest BCUT2D eigenvalue weighted by atomic mass is 35.5. The topological polar surface area (TPSA) is 34.4 Å². The third kappa shape index (κ3) is 3.42. The standard InChI is InChI=1S/C16H18ClNO2/c17-13-5-3-12(4-6-13)16-8-7-15(20-16)11-18-10-14-2-1-9-19-14/h3-8,14,18H,1-2,9-11H2/t14-/m0/s1. The molecule has 0 saturated carbocycles. The van der Waals surface area contributed by atoms with Crippen LogP contribution in [0, 0.1) is 0 Å². The van der Waals surface area contributed by atoms with E-state index in [0.717, 1.165) is 48.2 Å². The summed E-state index contributed by atoms with van der Waals surface area (Å²) in [5.41, 5.74) is 1.04. The highest BCUT2D eigenvalue weighted by Crippen LogP contribution is 2.23. The number of rotatable bonds is 5. The molecule has 106 valence electrons. The highest BCUT2D eigenvalue weighted by Gasteiger charge is 2.14. The molecule has 4 heteroatoms. The molecule has 3 rings (SSSR count). The minimum atomic E-state index is 0.362. The van der Waals surface area contributed by atoms with E-state index in [0.29, 0.717) is 6.10 Å². The summed E-state index contributed by atoms with van der Waals surface area (Å²) in [5.74, 6) is 1.81. The molecule has 1 fully saturated rings. The first-order valence-corrected chi connectivity index (χ1v) is 7.36. The van der Waals surface area contributed by atoms with Gasteiger partial charge in [0.2, 0.25) is 0 Å². The van der Waals surface area contributed by atoms with Gasteiger partial charge in [-0.25, -0.2) is 0 Å². The molecule has 0 amide bonds. The Morgan fingerprint density at radius 3 is 2.75 bits per heavy atom. The SMILES string of the molecule is Clc1ccc(-c2ccc(CNC[C@@H]3CCCO3)o2)cc1. The van der Waals surface area contributed by atoms with Crippen molar-refractivity contribution in [3.05, 3.63) is 47.2 Å². The normalized spacial score (nSPS) is 18.6. The Morgan fingerprint density at radius 1 is 1.15 bits per heavy atom. The van der Waals surface area contributed by atoms with Crippen molar-refractivity contribution in [2.24, 2.45) is 0 Å². The lowest BCUT2D eigenvalue weighted by Crippen LogP contribution is -2.25. The van der Waals surface area contributed by atoms with Crippen LogP contribution in [0.5, 0.6) is 0 Å². The Morgan fingerprint density at radius 2 is 2.00 bits per heavy atom. The molecule has 1 N–H and O–H groups in total. The largest absolute Gasteiger partial charge is 0.460 e. The van der Waals surface area contributed by atoms with Crippen LogP contribution in [0.2, 0.25) is 5.02 Å². The summed E-state index contributed by atoms with van der Waals surface area (Å²) in [4.78, 5) is 0. The molecule has 0 unspecified atom stereocenters. The second kappa shape index (κ2) is 6.44. The van der Waals surface area contributed by atoms with Crippen molar-refractivity contribution in [2.45, 2.75) is 25.5 Å². The quantitative estimate of drug-likeness (QED) is 0.908. The third-order valence-electron chi connectivity index (χ3n) is 3.49. The van der Waals surface area contributed by atoms with E-state index in [1.54, 1.807) is 0 Å². The van der Waals surface area contributed by atoms with Crippen molar-refractivity contribution >= 4 is 11.6 Å². The minimum absolute atomic E-state index is 0.362. The average molecular weight is 292 g/mol. The zero-order chi connectivity index (χ0) is 13.8. The lowest BCUT2D eigenvalue weighted by molar-refractivity contribution is 0.109. The van der Waals surface area contributed by atoms with E-state index in [1.165, 1.54) is 6.42 Å². The van der Waals surface area contributed by atoms with Crippen molar-refractivity contribution in [3.8, 4) is 11.3 Å². The van der Waals surface area contributed by atoms with E-state index in [-0.39, 0.29) is 0 Å². The van der Waals surface area contributed by atoms with Gasteiger partial charge >= 0.3 is 0 Å². The van der Waals surface area contributed by atoms with Crippen molar-refractivity contribution in [2.75, 3.05) is 13.2 Å². The zero-order valence-corrected chi connectivity index (χ0v) is 12.0. The summed E-state index contributed by atoms with van der Waals surface area (Å²) in [6, 6.07) is 11.7. The van der Waals surface area contributed by atoms with Crippen molar-refractivity contribution in [1.29, 1.82) is 0 Å². The van der Waals surface area contributed by atoms with E-state index < -0.39 is 0 Å². The number of furan rings is 1. The van der Waals surface area contributed by atoms with Crippen LogP contribution in [-0.2, 0) is 11.3 Å². The molecule has 0 bridgehead atoms. The minimum Gasteiger partial charge on any atom is -0.460 e. The second-order valence-electron chi connectivity index (χ2n) is 5.04. The molecular weight excluding hydrogens is 274 g/mol. The predicted octanol–water partition coefficient (Wildman–Crippen LogP) is 3.87. The smallest absolute Gasteiger partial charge is 0.134 e. The van der Waals surface area contributed by atoms with Crippen molar-refractivity contribution in [3.63, 3.8) is 0 Å². The Kier molecular flexibility index (Phi) is 4.41. The first kappa shape index (κ1) is 13.7. The van der Waals surface area contributed by atoms with Crippen LogP contribution in [0.1, 0.15) is 18.6 Å². The number of benzene rings is 1. The van der Waals surface area contributed by atoms with Gasteiger partial charge in [-0.05, 0) is 49.2 Å². The highest BCUT2D eigenvalue weighted by molar-refractivity contribution is 6.30. The summed E-state index contributed by atoms with van der Waals surface area (Å²) >= 11 is 5.88. The van der Waals surface area contributed by atoms with Crippen molar-refractivity contribution < 1.29 is 9.15 Å². The maximum atomic E-state index is 5.88. The summed E-state index contributed by atoms with van der Waals surface area (Å²) < 4.78 is 11.4. The Bertz CT molecular complexity index is 544. The van der Waals surface area contributed by atoms with Crippen LogP contribution in [0.3, 0.4) is 0 Å². The average Bonchev–Trinajstić information content (AvgIpc) is 3.11. The number of hydrogen-bond donors (Lipinski definition) is 1. The van der Waals surface area contributed by atoms with Gasteiger partial charge in [-0.3, -0.25) is 0 Å². The fourth-order valence-corrected chi connectivity index (χ4v) is 2.53. The number of ether oxygens (including phenoxy) is 1. The third-order valence-corrected chi connectivity index (χ3v) is 3.74. The molecular formula is C16H18ClNO2. The van der Waals surface area contributed by atoms with E-state index in [4.69, 9.17) is 20.8 Å². The van der Waals surface area contributed by atoms with Crippen LogP contribution in [0.15, 0.2) is 40.8 Å². The summed E-state index contributed by atoms with van der Waals surface area (Å²) in [6.07, 6.45) is 2.69. The molecule has 1 aliphatic heterocycles. The van der Waals surface area contributed by atoms with Gasteiger partial charge in [-0.15, -0.1) is 0 Å². The van der Waals surface area contributed by atoms with E-state index in [2.05, 4.69) is 5.32 Å². The fraction of sp³-hybridized carbons (Fsp3) is 0.375. The van der Waals surface area contributed by atoms with Gasteiger partial charge in [0.05, 0.1) is 12.6 Å². The number of halogens is 1. The summed E-state index contributed by atoms with van der Waals surface area (Å²) in [5, 5.41) is 4.11. The molecule has 3 nitrogen and oxygen atoms in total. The van der Waals surface area contributed by atoms with E-state index in [9.17, 15) is 0 Å². The molecule has 0 radical (unpaired) electrons. The lowest BCUT2D eigenvalue weighted by Gasteiger charge is -2.09. The molecule has 1 aliphatic rings. The maximum Gasteiger partial charge on any atom is 0.134 e. The zero-order valence-electron chi connectivity index (χ0n) is 11.3. The molecule has 2 aromatic rings. The number of nitrogens with one attached hydrogen (secondary N) is 1. The lowest BCUT2D eigenvalue weighted by atomic mass is 10.2. The molecule has 2 heterocycles. The molecule has 0 spiro atoms. The summed E-state index contributed by atoms with van der Waals surface area (Å²) in [6.45, 7) is 2.51. The Labute approximate surface area is 123 Å². The van der Waals surface area contributed by atoms with Gasteiger partial charge < -0.3 is 14.5 Å². The van der Waals surface area contributed by atoms with Crippen LogP contribution >= 0.6 is 11.6 Å². The Hall–Kier alpha value is -1.29. The predicted molar refractivity (Wildman–Crippen MR) is 79.8 cm³/mol. The van der Waals surface area contributed by atoms with E-state index in [1.807, 2.05) is 36.4 Å². The van der Waals surface area contributed by atoms with Gasteiger partial charge in [-0.1, -0.05) is 11.6 Å². The van der Waals surface area contributed by atoms with Crippen LogP contribution < -0.4 is 5.32 Å². The molecule has 1 saturated heterocycles. The second-order valence-corrected chi connectivity index (χ2v) is 5.48. The molecule has 1 atom stereocenters. The Balaban J connectivity index is 1.55.